The molecule has 0 aliphatic heterocycles. The van der Waals surface area contributed by atoms with E-state index in [1.54, 1.807) is 0 Å². The highest BCUT2D eigenvalue weighted by Crippen LogP contribution is 2.43. The lowest BCUT2D eigenvalue weighted by Crippen LogP contribution is -2.26. The summed E-state index contributed by atoms with van der Waals surface area (Å²) < 4.78 is 0. The number of rotatable bonds is 3. The molecule has 0 heterocycles. The fourth-order valence-electron chi connectivity index (χ4n) is 2.14. The second-order valence-corrected chi connectivity index (χ2v) is 4.13. The molecular formula is C12H17N. The van der Waals surface area contributed by atoms with Crippen LogP contribution in [0, 0.1) is 5.92 Å². The molecule has 2 atom stereocenters. The molecule has 2 unspecified atom stereocenters. The van der Waals surface area contributed by atoms with Gasteiger partial charge in [-0.25, -0.2) is 0 Å². The maximum absolute atomic E-state index is 6.01. The Kier molecular flexibility index (Phi) is 2.36. The van der Waals surface area contributed by atoms with Gasteiger partial charge in [-0.05, 0) is 31.2 Å². The highest BCUT2D eigenvalue weighted by Gasteiger charge is 2.34. The SMILES string of the molecule is CC(N)C(c1ccccc1)C1CC1. The zero-order chi connectivity index (χ0) is 9.26. The normalized spacial score (nSPS) is 21.1. The van der Waals surface area contributed by atoms with E-state index in [-0.39, 0.29) is 6.04 Å². The Hall–Kier alpha value is -0.820. The van der Waals surface area contributed by atoms with Crippen LogP contribution in [0.2, 0.25) is 0 Å². The van der Waals surface area contributed by atoms with E-state index in [9.17, 15) is 0 Å². The minimum absolute atomic E-state index is 0.287. The van der Waals surface area contributed by atoms with Crippen LogP contribution in [0.3, 0.4) is 0 Å². The number of hydrogen-bond donors (Lipinski definition) is 1. The van der Waals surface area contributed by atoms with E-state index in [0.717, 1.165) is 5.92 Å². The number of benzene rings is 1. The van der Waals surface area contributed by atoms with E-state index in [2.05, 4.69) is 37.3 Å². The van der Waals surface area contributed by atoms with Crippen molar-refractivity contribution in [2.24, 2.45) is 11.7 Å². The summed E-state index contributed by atoms with van der Waals surface area (Å²) in [6, 6.07) is 11.0. The molecule has 1 nitrogen and oxygen atoms in total. The molecule has 0 radical (unpaired) electrons. The molecule has 0 saturated heterocycles. The van der Waals surface area contributed by atoms with Gasteiger partial charge in [0.25, 0.3) is 0 Å². The van der Waals surface area contributed by atoms with Crippen molar-refractivity contribution in [3.63, 3.8) is 0 Å². The van der Waals surface area contributed by atoms with Crippen molar-refractivity contribution in [2.75, 3.05) is 0 Å². The van der Waals surface area contributed by atoms with Gasteiger partial charge in [-0.15, -0.1) is 0 Å². The van der Waals surface area contributed by atoms with E-state index < -0.39 is 0 Å². The molecule has 13 heavy (non-hydrogen) atoms. The van der Waals surface area contributed by atoms with Gasteiger partial charge < -0.3 is 5.73 Å². The lowest BCUT2D eigenvalue weighted by molar-refractivity contribution is 0.511. The minimum Gasteiger partial charge on any atom is -0.327 e. The third kappa shape index (κ3) is 1.92. The van der Waals surface area contributed by atoms with Crippen molar-refractivity contribution in [2.45, 2.75) is 31.7 Å². The molecule has 0 bridgehead atoms. The molecular weight excluding hydrogens is 158 g/mol. The highest BCUT2D eigenvalue weighted by molar-refractivity contribution is 5.23. The summed E-state index contributed by atoms with van der Waals surface area (Å²) in [4.78, 5) is 0. The fraction of sp³-hybridized carbons (Fsp3) is 0.500. The average molecular weight is 175 g/mol. The summed E-state index contributed by atoms with van der Waals surface area (Å²) in [6.07, 6.45) is 2.72. The lowest BCUT2D eigenvalue weighted by atomic mass is 9.88. The van der Waals surface area contributed by atoms with E-state index >= 15 is 0 Å². The number of nitrogens with two attached hydrogens (primary N) is 1. The summed E-state index contributed by atoms with van der Waals surface area (Å²) in [5.41, 5.74) is 7.43. The maximum Gasteiger partial charge on any atom is 0.00819 e. The second kappa shape index (κ2) is 3.51. The minimum atomic E-state index is 0.287. The molecule has 1 fully saturated rings. The largest absolute Gasteiger partial charge is 0.327 e. The van der Waals surface area contributed by atoms with Gasteiger partial charge in [0, 0.05) is 12.0 Å². The van der Waals surface area contributed by atoms with Crippen molar-refractivity contribution in [3.8, 4) is 0 Å². The van der Waals surface area contributed by atoms with Gasteiger partial charge in [0.2, 0.25) is 0 Å². The highest BCUT2D eigenvalue weighted by atomic mass is 14.7. The molecule has 0 spiro atoms. The Labute approximate surface area is 80.0 Å². The monoisotopic (exact) mass is 175 g/mol. The molecule has 1 aromatic carbocycles. The Bertz CT molecular complexity index is 260. The van der Waals surface area contributed by atoms with E-state index in [1.165, 1.54) is 18.4 Å². The van der Waals surface area contributed by atoms with Gasteiger partial charge in [-0.1, -0.05) is 30.3 Å². The topological polar surface area (TPSA) is 26.0 Å². The number of hydrogen-bond acceptors (Lipinski definition) is 1. The van der Waals surface area contributed by atoms with E-state index in [1.807, 2.05) is 0 Å². The Morgan fingerprint density at radius 1 is 1.23 bits per heavy atom. The molecule has 0 aromatic heterocycles. The molecule has 2 N–H and O–H groups in total. The van der Waals surface area contributed by atoms with E-state index in [0.29, 0.717) is 5.92 Å². The zero-order valence-corrected chi connectivity index (χ0v) is 8.11. The van der Waals surface area contributed by atoms with Gasteiger partial charge in [0.15, 0.2) is 0 Å². The molecule has 1 aliphatic carbocycles. The summed E-state index contributed by atoms with van der Waals surface area (Å²) in [5.74, 6) is 1.43. The van der Waals surface area contributed by atoms with Crippen LogP contribution in [0.1, 0.15) is 31.2 Å². The third-order valence-corrected chi connectivity index (χ3v) is 2.88. The molecule has 1 saturated carbocycles. The summed E-state index contributed by atoms with van der Waals surface area (Å²) in [5, 5.41) is 0. The van der Waals surface area contributed by atoms with Crippen LogP contribution < -0.4 is 5.73 Å². The molecule has 1 heteroatoms. The van der Waals surface area contributed by atoms with Crippen molar-refractivity contribution >= 4 is 0 Å². The first kappa shape index (κ1) is 8.76. The van der Waals surface area contributed by atoms with E-state index in [4.69, 9.17) is 5.73 Å². The van der Waals surface area contributed by atoms with Gasteiger partial charge in [-0.3, -0.25) is 0 Å². The van der Waals surface area contributed by atoms with Gasteiger partial charge in [-0.2, -0.15) is 0 Å². The summed E-state index contributed by atoms with van der Waals surface area (Å²) in [7, 11) is 0. The van der Waals surface area contributed by atoms with Crippen molar-refractivity contribution in [3.05, 3.63) is 35.9 Å². The third-order valence-electron chi connectivity index (χ3n) is 2.88. The van der Waals surface area contributed by atoms with Crippen LogP contribution in [0.25, 0.3) is 0 Å². The van der Waals surface area contributed by atoms with Gasteiger partial charge in [0.05, 0.1) is 0 Å². The summed E-state index contributed by atoms with van der Waals surface area (Å²) >= 11 is 0. The first-order valence-electron chi connectivity index (χ1n) is 5.09. The van der Waals surface area contributed by atoms with Crippen LogP contribution in [-0.2, 0) is 0 Å². The molecule has 1 aromatic rings. The van der Waals surface area contributed by atoms with Crippen LogP contribution in [-0.4, -0.2) is 6.04 Å². The molecule has 0 amide bonds. The predicted octanol–water partition coefficient (Wildman–Crippen LogP) is 2.53. The zero-order valence-electron chi connectivity index (χ0n) is 8.11. The summed E-state index contributed by atoms with van der Waals surface area (Å²) in [6.45, 7) is 2.12. The quantitative estimate of drug-likeness (QED) is 0.750. The van der Waals surface area contributed by atoms with Crippen LogP contribution in [0.15, 0.2) is 30.3 Å². The first-order chi connectivity index (χ1) is 6.29. The molecule has 2 rings (SSSR count). The van der Waals surface area contributed by atoms with Gasteiger partial charge in [0.1, 0.15) is 0 Å². The lowest BCUT2D eigenvalue weighted by Gasteiger charge is -2.20. The Morgan fingerprint density at radius 3 is 2.31 bits per heavy atom. The Balaban J connectivity index is 2.20. The molecule has 70 valence electrons. The van der Waals surface area contributed by atoms with Crippen LogP contribution in [0.4, 0.5) is 0 Å². The fourth-order valence-corrected chi connectivity index (χ4v) is 2.14. The first-order valence-corrected chi connectivity index (χ1v) is 5.09. The predicted molar refractivity (Wildman–Crippen MR) is 55.6 cm³/mol. The second-order valence-electron chi connectivity index (χ2n) is 4.13. The Morgan fingerprint density at radius 2 is 1.85 bits per heavy atom. The standard InChI is InChI=1S/C12H17N/c1-9(13)12(11-7-8-11)10-5-3-2-4-6-10/h2-6,9,11-12H,7-8,13H2,1H3. The van der Waals surface area contributed by atoms with Crippen molar-refractivity contribution in [1.29, 1.82) is 0 Å². The van der Waals surface area contributed by atoms with Crippen LogP contribution >= 0.6 is 0 Å². The maximum atomic E-state index is 6.01. The smallest absolute Gasteiger partial charge is 0.00819 e. The average Bonchev–Trinajstić information content (AvgIpc) is 2.90. The van der Waals surface area contributed by atoms with Crippen LogP contribution in [0.5, 0.6) is 0 Å². The van der Waals surface area contributed by atoms with Crippen molar-refractivity contribution in [1.82, 2.24) is 0 Å². The van der Waals surface area contributed by atoms with Crippen molar-refractivity contribution < 1.29 is 0 Å². The van der Waals surface area contributed by atoms with Gasteiger partial charge >= 0.3 is 0 Å². The molecule has 1 aliphatic rings.